The van der Waals surface area contributed by atoms with Crippen LogP contribution in [0.5, 0.6) is 0 Å². The molecule has 3 nitrogen and oxygen atoms in total. The van der Waals surface area contributed by atoms with E-state index in [1.807, 2.05) is 31.2 Å². The zero-order valence-electron chi connectivity index (χ0n) is 12.7. The fourth-order valence-corrected chi connectivity index (χ4v) is 2.55. The Kier molecular flexibility index (Phi) is 6.37. The molecule has 120 valence electrons. The van der Waals surface area contributed by atoms with Crippen LogP contribution in [-0.4, -0.2) is 11.7 Å². The highest BCUT2D eigenvalue weighted by atomic mass is 79.9. The van der Waals surface area contributed by atoms with Crippen LogP contribution in [0.1, 0.15) is 41.7 Å². The first-order valence-corrected chi connectivity index (χ1v) is 8.46. The largest absolute Gasteiger partial charge is 0.350 e. The van der Waals surface area contributed by atoms with Gasteiger partial charge in [-0.3, -0.25) is 9.59 Å². The normalized spacial score (nSPS) is 11.8. The van der Waals surface area contributed by atoms with Gasteiger partial charge in [0.2, 0.25) is 5.91 Å². The lowest BCUT2D eigenvalue weighted by Gasteiger charge is -2.14. The first-order valence-electron chi connectivity index (χ1n) is 7.29. The number of Topliss-reactive ketones (excluding diaryl/α,β-unsaturated/α-hetero) is 1. The first kappa shape index (κ1) is 17.7. The van der Waals surface area contributed by atoms with Crippen LogP contribution < -0.4 is 5.32 Å². The number of amides is 1. The number of nitrogens with one attached hydrogen (secondary N) is 1. The molecule has 0 aliphatic rings. The van der Waals surface area contributed by atoms with E-state index in [2.05, 4.69) is 21.2 Å². The van der Waals surface area contributed by atoms with E-state index in [4.69, 9.17) is 11.6 Å². The van der Waals surface area contributed by atoms with Crippen molar-refractivity contribution >= 4 is 39.2 Å². The van der Waals surface area contributed by atoms with Crippen molar-refractivity contribution in [2.75, 3.05) is 0 Å². The summed E-state index contributed by atoms with van der Waals surface area (Å²) in [5, 5.41) is 3.49. The molecule has 0 fully saturated rings. The van der Waals surface area contributed by atoms with Crippen LogP contribution in [-0.2, 0) is 4.79 Å². The maximum atomic E-state index is 12.0. The van der Waals surface area contributed by atoms with Crippen molar-refractivity contribution in [1.29, 1.82) is 0 Å². The molecule has 2 aromatic carbocycles. The van der Waals surface area contributed by atoms with Crippen molar-refractivity contribution in [1.82, 2.24) is 5.32 Å². The van der Waals surface area contributed by atoms with Gasteiger partial charge in [0, 0.05) is 27.9 Å². The van der Waals surface area contributed by atoms with Crippen molar-refractivity contribution in [2.24, 2.45) is 0 Å². The van der Waals surface area contributed by atoms with Crippen molar-refractivity contribution in [3.63, 3.8) is 0 Å². The molecule has 2 rings (SSSR count). The number of rotatable bonds is 6. The van der Waals surface area contributed by atoms with Crippen molar-refractivity contribution in [3.8, 4) is 0 Å². The summed E-state index contributed by atoms with van der Waals surface area (Å²) in [6.45, 7) is 1.92. The van der Waals surface area contributed by atoms with E-state index >= 15 is 0 Å². The first-order chi connectivity index (χ1) is 11.0. The lowest BCUT2D eigenvalue weighted by Crippen LogP contribution is -2.26. The van der Waals surface area contributed by atoms with Crippen molar-refractivity contribution in [3.05, 3.63) is 69.2 Å². The Balaban J connectivity index is 1.83. The second-order valence-corrected chi connectivity index (χ2v) is 6.62. The highest BCUT2D eigenvalue weighted by Crippen LogP contribution is 2.17. The minimum absolute atomic E-state index is 0.0619. The Morgan fingerprint density at radius 3 is 2.26 bits per heavy atom. The van der Waals surface area contributed by atoms with Crippen LogP contribution in [0, 0.1) is 0 Å². The van der Waals surface area contributed by atoms with Crippen LogP contribution in [0.2, 0.25) is 5.02 Å². The number of ketones is 1. The minimum Gasteiger partial charge on any atom is -0.350 e. The standard InChI is InChI=1S/C18H17BrClNO2/c1-12(13-2-6-15(19)7-3-13)21-18(23)11-10-17(22)14-4-8-16(20)9-5-14/h2-9,12H,10-11H2,1H3,(H,21,23). The second-order valence-electron chi connectivity index (χ2n) is 5.27. The molecule has 0 saturated heterocycles. The van der Waals surface area contributed by atoms with Crippen LogP contribution in [0.4, 0.5) is 0 Å². The monoisotopic (exact) mass is 393 g/mol. The summed E-state index contributed by atoms with van der Waals surface area (Å²) < 4.78 is 0.994. The molecule has 0 radical (unpaired) electrons. The van der Waals surface area contributed by atoms with Gasteiger partial charge < -0.3 is 5.32 Å². The van der Waals surface area contributed by atoms with Crippen LogP contribution in [0.3, 0.4) is 0 Å². The van der Waals surface area contributed by atoms with Gasteiger partial charge in [-0.05, 0) is 48.9 Å². The van der Waals surface area contributed by atoms with Gasteiger partial charge in [-0.2, -0.15) is 0 Å². The topological polar surface area (TPSA) is 46.2 Å². The number of hydrogen-bond donors (Lipinski definition) is 1. The molecule has 0 saturated carbocycles. The molecule has 1 unspecified atom stereocenters. The average molecular weight is 395 g/mol. The molecule has 0 aliphatic carbocycles. The van der Waals surface area contributed by atoms with E-state index < -0.39 is 0 Å². The molecule has 0 heterocycles. The Morgan fingerprint density at radius 2 is 1.65 bits per heavy atom. The third kappa shape index (κ3) is 5.48. The summed E-state index contributed by atoms with van der Waals surface area (Å²) in [5.74, 6) is -0.198. The van der Waals surface area contributed by atoms with E-state index in [-0.39, 0.29) is 30.6 Å². The molecular weight excluding hydrogens is 378 g/mol. The molecule has 0 aliphatic heterocycles. The van der Waals surface area contributed by atoms with Crippen LogP contribution >= 0.6 is 27.5 Å². The zero-order valence-corrected chi connectivity index (χ0v) is 15.0. The summed E-state index contributed by atoms with van der Waals surface area (Å²) in [7, 11) is 0. The van der Waals surface area contributed by atoms with Gasteiger partial charge in [-0.25, -0.2) is 0 Å². The third-order valence-electron chi connectivity index (χ3n) is 3.49. The fourth-order valence-electron chi connectivity index (χ4n) is 2.16. The Hall–Kier alpha value is -1.65. The fraction of sp³-hybridized carbons (Fsp3) is 0.222. The molecule has 0 spiro atoms. The van der Waals surface area contributed by atoms with Crippen LogP contribution in [0.15, 0.2) is 53.0 Å². The molecule has 0 bridgehead atoms. The number of carbonyl (C=O) groups is 2. The third-order valence-corrected chi connectivity index (χ3v) is 4.27. The summed E-state index contributed by atoms with van der Waals surface area (Å²) in [4.78, 5) is 24.0. The summed E-state index contributed by atoms with van der Waals surface area (Å²) in [6, 6.07) is 14.4. The summed E-state index contributed by atoms with van der Waals surface area (Å²) in [6.07, 6.45) is 0.350. The zero-order chi connectivity index (χ0) is 16.8. The molecule has 1 atom stereocenters. The Morgan fingerprint density at radius 1 is 1.04 bits per heavy atom. The number of halogens is 2. The number of carbonyl (C=O) groups excluding carboxylic acids is 2. The average Bonchev–Trinajstić information content (AvgIpc) is 2.54. The predicted octanol–water partition coefficient (Wildman–Crippen LogP) is 4.94. The van der Waals surface area contributed by atoms with E-state index in [1.165, 1.54) is 0 Å². The van der Waals surface area contributed by atoms with Gasteiger partial charge in [-0.15, -0.1) is 0 Å². The second kappa shape index (κ2) is 8.27. The highest BCUT2D eigenvalue weighted by molar-refractivity contribution is 9.10. The van der Waals surface area contributed by atoms with E-state index in [0.717, 1.165) is 10.0 Å². The molecule has 1 N–H and O–H groups in total. The van der Waals surface area contributed by atoms with Gasteiger partial charge in [0.1, 0.15) is 0 Å². The molecule has 2 aromatic rings. The Labute approximate surface area is 149 Å². The van der Waals surface area contributed by atoms with Gasteiger partial charge in [-0.1, -0.05) is 39.7 Å². The lowest BCUT2D eigenvalue weighted by molar-refractivity contribution is -0.121. The van der Waals surface area contributed by atoms with Gasteiger partial charge in [0.15, 0.2) is 5.78 Å². The molecule has 23 heavy (non-hydrogen) atoms. The van der Waals surface area contributed by atoms with Gasteiger partial charge in [0.25, 0.3) is 0 Å². The summed E-state index contributed by atoms with van der Waals surface area (Å²) >= 11 is 9.17. The SMILES string of the molecule is CC(NC(=O)CCC(=O)c1ccc(Cl)cc1)c1ccc(Br)cc1. The lowest BCUT2D eigenvalue weighted by atomic mass is 10.1. The number of benzene rings is 2. The van der Waals surface area contributed by atoms with E-state index in [1.54, 1.807) is 24.3 Å². The van der Waals surface area contributed by atoms with E-state index in [9.17, 15) is 9.59 Å². The molecule has 1 amide bonds. The highest BCUT2D eigenvalue weighted by Gasteiger charge is 2.12. The maximum absolute atomic E-state index is 12.0. The van der Waals surface area contributed by atoms with Gasteiger partial charge >= 0.3 is 0 Å². The maximum Gasteiger partial charge on any atom is 0.220 e. The van der Waals surface area contributed by atoms with Crippen molar-refractivity contribution in [2.45, 2.75) is 25.8 Å². The molecule has 5 heteroatoms. The molecular formula is C18H17BrClNO2. The predicted molar refractivity (Wildman–Crippen MR) is 95.7 cm³/mol. The van der Waals surface area contributed by atoms with Gasteiger partial charge in [0.05, 0.1) is 6.04 Å². The number of hydrogen-bond acceptors (Lipinski definition) is 2. The van der Waals surface area contributed by atoms with E-state index in [0.29, 0.717) is 10.6 Å². The Bertz CT molecular complexity index is 683. The quantitative estimate of drug-likeness (QED) is 0.705. The molecule has 0 aromatic heterocycles. The van der Waals surface area contributed by atoms with Crippen molar-refractivity contribution < 1.29 is 9.59 Å². The smallest absolute Gasteiger partial charge is 0.220 e. The van der Waals surface area contributed by atoms with Crippen LogP contribution in [0.25, 0.3) is 0 Å². The summed E-state index contributed by atoms with van der Waals surface area (Å²) in [5.41, 5.74) is 1.59. The minimum atomic E-state index is -0.136.